The van der Waals surface area contributed by atoms with Crippen LogP contribution in [0.5, 0.6) is 0 Å². The summed E-state index contributed by atoms with van der Waals surface area (Å²) in [6.07, 6.45) is 2.46. The Kier molecular flexibility index (Phi) is 3.21. The number of aromatic nitrogens is 6. The molecule has 0 aliphatic rings. The SMILES string of the molecule is Cn1c(-c2ccccc2)nc2c(=O)[nH]c(-n3cc(C(=O)O)cn3)nc21. The van der Waals surface area contributed by atoms with E-state index in [2.05, 4.69) is 20.1 Å². The number of nitrogens with one attached hydrogen (secondary N) is 1. The Hall–Kier alpha value is -3.75. The first kappa shape index (κ1) is 14.8. The number of rotatable bonds is 3. The third-order valence-corrected chi connectivity index (χ3v) is 3.80. The number of aryl methyl sites for hydroxylation is 1. The zero-order valence-electron chi connectivity index (χ0n) is 13.0. The van der Waals surface area contributed by atoms with Crippen LogP contribution in [-0.4, -0.2) is 40.4 Å². The molecule has 0 amide bonds. The Bertz CT molecular complexity index is 1160. The van der Waals surface area contributed by atoms with E-state index in [-0.39, 0.29) is 17.0 Å². The van der Waals surface area contributed by atoms with Crippen molar-refractivity contribution in [3.63, 3.8) is 0 Å². The third-order valence-electron chi connectivity index (χ3n) is 3.80. The van der Waals surface area contributed by atoms with Gasteiger partial charge in [0.2, 0.25) is 5.95 Å². The fourth-order valence-electron chi connectivity index (χ4n) is 2.56. The number of hydrogen-bond donors (Lipinski definition) is 2. The smallest absolute Gasteiger partial charge is 0.338 e. The van der Waals surface area contributed by atoms with Crippen molar-refractivity contribution in [3.05, 3.63) is 58.6 Å². The van der Waals surface area contributed by atoms with Gasteiger partial charge in [0.25, 0.3) is 5.56 Å². The van der Waals surface area contributed by atoms with Crippen molar-refractivity contribution in [1.29, 1.82) is 0 Å². The largest absolute Gasteiger partial charge is 0.478 e. The predicted molar refractivity (Wildman–Crippen MR) is 88.6 cm³/mol. The fourth-order valence-corrected chi connectivity index (χ4v) is 2.56. The highest BCUT2D eigenvalue weighted by molar-refractivity contribution is 5.87. The molecule has 3 aromatic heterocycles. The van der Waals surface area contributed by atoms with Gasteiger partial charge in [-0.2, -0.15) is 10.1 Å². The standard InChI is InChI=1S/C16H12N6O3/c1-21-12(9-5-3-2-4-6-9)18-11-13(21)19-16(20-14(11)23)22-8-10(7-17-22)15(24)25/h2-8H,1H3,(H,24,25)(H,19,20,23). The van der Waals surface area contributed by atoms with Crippen LogP contribution in [0.2, 0.25) is 0 Å². The molecule has 2 N–H and O–H groups in total. The van der Waals surface area contributed by atoms with Crippen molar-refractivity contribution in [1.82, 2.24) is 29.3 Å². The molecule has 0 atom stereocenters. The Balaban J connectivity index is 1.91. The number of carboxylic acid groups (broad SMARTS) is 1. The zero-order chi connectivity index (χ0) is 17.6. The topological polar surface area (TPSA) is 119 Å². The molecule has 1 aromatic carbocycles. The van der Waals surface area contributed by atoms with Gasteiger partial charge in [0.15, 0.2) is 11.2 Å². The quantitative estimate of drug-likeness (QED) is 0.580. The Morgan fingerprint density at radius 1 is 1.20 bits per heavy atom. The third kappa shape index (κ3) is 2.38. The van der Waals surface area contributed by atoms with Gasteiger partial charge in [0, 0.05) is 18.8 Å². The van der Waals surface area contributed by atoms with Crippen LogP contribution in [-0.2, 0) is 7.05 Å². The van der Waals surface area contributed by atoms with E-state index in [9.17, 15) is 9.59 Å². The molecule has 0 aliphatic heterocycles. The van der Waals surface area contributed by atoms with Crippen molar-refractivity contribution in [2.24, 2.45) is 7.05 Å². The van der Waals surface area contributed by atoms with Gasteiger partial charge in [-0.15, -0.1) is 0 Å². The van der Waals surface area contributed by atoms with Crippen LogP contribution in [0, 0.1) is 0 Å². The Labute approximate surface area is 140 Å². The summed E-state index contributed by atoms with van der Waals surface area (Å²) in [6.45, 7) is 0. The molecular formula is C16H12N6O3. The van der Waals surface area contributed by atoms with Gasteiger partial charge in [-0.3, -0.25) is 9.78 Å². The van der Waals surface area contributed by atoms with Gasteiger partial charge in [0.05, 0.1) is 11.8 Å². The van der Waals surface area contributed by atoms with Gasteiger partial charge in [-0.1, -0.05) is 30.3 Å². The second-order valence-corrected chi connectivity index (χ2v) is 5.40. The van der Waals surface area contributed by atoms with Gasteiger partial charge >= 0.3 is 5.97 Å². The normalized spacial score (nSPS) is 11.1. The van der Waals surface area contributed by atoms with E-state index in [1.54, 1.807) is 11.6 Å². The molecule has 124 valence electrons. The molecule has 4 rings (SSSR count). The van der Waals surface area contributed by atoms with E-state index in [1.165, 1.54) is 17.1 Å². The van der Waals surface area contributed by atoms with E-state index >= 15 is 0 Å². The first-order valence-corrected chi connectivity index (χ1v) is 7.35. The number of imidazole rings is 1. The Morgan fingerprint density at radius 3 is 2.64 bits per heavy atom. The van der Waals surface area contributed by atoms with E-state index in [4.69, 9.17) is 5.11 Å². The van der Waals surface area contributed by atoms with Crippen LogP contribution < -0.4 is 5.56 Å². The maximum atomic E-state index is 12.4. The summed E-state index contributed by atoms with van der Waals surface area (Å²) in [5, 5.41) is 12.9. The first-order valence-electron chi connectivity index (χ1n) is 7.35. The van der Waals surface area contributed by atoms with Crippen molar-refractivity contribution in [3.8, 4) is 17.3 Å². The summed E-state index contributed by atoms with van der Waals surface area (Å²) in [5.74, 6) is -0.383. The number of aromatic carboxylic acids is 1. The van der Waals surface area contributed by atoms with Gasteiger partial charge < -0.3 is 9.67 Å². The molecule has 9 heteroatoms. The van der Waals surface area contributed by atoms with Crippen LogP contribution in [0.4, 0.5) is 0 Å². The predicted octanol–water partition coefficient (Wildman–Crippen LogP) is 1.21. The number of nitrogens with zero attached hydrogens (tertiary/aromatic N) is 5. The molecule has 0 saturated heterocycles. The molecule has 0 fully saturated rings. The minimum absolute atomic E-state index is 0.00210. The number of hydrogen-bond acceptors (Lipinski definition) is 5. The highest BCUT2D eigenvalue weighted by Gasteiger charge is 2.16. The highest BCUT2D eigenvalue weighted by Crippen LogP contribution is 2.20. The molecule has 25 heavy (non-hydrogen) atoms. The number of aromatic amines is 1. The molecule has 0 saturated carbocycles. The summed E-state index contributed by atoms with van der Waals surface area (Å²) in [4.78, 5) is 34.7. The molecule has 9 nitrogen and oxygen atoms in total. The van der Waals surface area contributed by atoms with Crippen molar-refractivity contribution < 1.29 is 9.90 Å². The molecule has 0 unspecified atom stereocenters. The van der Waals surface area contributed by atoms with Gasteiger partial charge in [-0.25, -0.2) is 14.5 Å². The molecule has 0 bridgehead atoms. The van der Waals surface area contributed by atoms with Crippen LogP contribution in [0.3, 0.4) is 0 Å². The van der Waals surface area contributed by atoms with Crippen LogP contribution in [0.1, 0.15) is 10.4 Å². The summed E-state index contributed by atoms with van der Waals surface area (Å²) < 4.78 is 2.92. The molecule has 4 aromatic rings. The average Bonchev–Trinajstić information content (AvgIpc) is 3.22. The summed E-state index contributed by atoms with van der Waals surface area (Å²) >= 11 is 0. The lowest BCUT2D eigenvalue weighted by molar-refractivity contribution is 0.0697. The summed E-state index contributed by atoms with van der Waals surface area (Å²) in [7, 11) is 1.76. The molecule has 0 spiro atoms. The van der Waals surface area contributed by atoms with Crippen LogP contribution in [0.25, 0.3) is 28.5 Å². The maximum absolute atomic E-state index is 12.4. The number of carboxylic acids is 1. The Morgan fingerprint density at radius 2 is 1.96 bits per heavy atom. The van der Waals surface area contributed by atoms with Crippen LogP contribution >= 0.6 is 0 Å². The minimum Gasteiger partial charge on any atom is -0.478 e. The average molecular weight is 336 g/mol. The van der Waals surface area contributed by atoms with E-state index in [1.807, 2.05) is 30.3 Å². The highest BCUT2D eigenvalue weighted by atomic mass is 16.4. The number of fused-ring (bicyclic) bond motifs is 1. The number of H-pyrrole nitrogens is 1. The van der Waals surface area contributed by atoms with Gasteiger partial charge in [-0.05, 0) is 0 Å². The monoisotopic (exact) mass is 336 g/mol. The zero-order valence-corrected chi connectivity index (χ0v) is 13.0. The maximum Gasteiger partial charge on any atom is 0.338 e. The molecule has 3 heterocycles. The van der Waals surface area contributed by atoms with E-state index in [0.717, 1.165) is 5.56 Å². The van der Waals surface area contributed by atoms with Crippen molar-refractivity contribution in [2.75, 3.05) is 0 Å². The number of carbonyl (C=O) groups is 1. The lowest BCUT2D eigenvalue weighted by atomic mass is 10.2. The van der Waals surface area contributed by atoms with Gasteiger partial charge in [0.1, 0.15) is 5.82 Å². The number of benzene rings is 1. The molecular weight excluding hydrogens is 324 g/mol. The summed E-state index contributed by atoms with van der Waals surface area (Å²) in [6, 6.07) is 9.45. The fraction of sp³-hybridized carbons (Fsp3) is 0.0625. The van der Waals surface area contributed by atoms with Crippen molar-refractivity contribution in [2.45, 2.75) is 0 Å². The second-order valence-electron chi connectivity index (χ2n) is 5.40. The molecule has 0 aliphatic carbocycles. The lowest BCUT2D eigenvalue weighted by Gasteiger charge is -2.02. The summed E-state index contributed by atoms with van der Waals surface area (Å²) in [5.41, 5.74) is 1.01. The first-order chi connectivity index (χ1) is 12.0. The van der Waals surface area contributed by atoms with E-state index < -0.39 is 11.5 Å². The van der Waals surface area contributed by atoms with E-state index in [0.29, 0.717) is 11.5 Å². The lowest BCUT2D eigenvalue weighted by Crippen LogP contribution is -2.14. The molecule has 0 radical (unpaired) electrons. The second kappa shape index (κ2) is 5.41. The van der Waals surface area contributed by atoms with Crippen LogP contribution in [0.15, 0.2) is 47.5 Å². The van der Waals surface area contributed by atoms with Crippen molar-refractivity contribution >= 4 is 17.1 Å². The minimum atomic E-state index is -1.11.